The molecule has 3 N–H and O–H groups in total. The molecule has 0 aliphatic heterocycles. The van der Waals surface area contributed by atoms with Gasteiger partial charge in [0.1, 0.15) is 0 Å². The number of carbonyl (C=O) groups is 1. The molecule has 0 fully saturated rings. The van der Waals surface area contributed by atoms with Gasteiger partial charge in [-0.25, -0.2) is 0 Å². The van der Waals surface area contributed by atoms with Crippen molar-refractivity contribution in [3.05, 3.63) is 56.1 Å². The van der Waals surface area contributed by atoms with E-state index in [1.165, 1.54) is 0 Å². The second-order valence-corrected chi connectivity index (χ2v) is 5.94. The van der Waals surface area contributed by atoms with E-state index in [4.69, 9.17) is 17.3 Å². The first-order valence-corrected chi connectivity index (χ1v) is 7.61. The molecular formula is C15H14ClIN2O. The van der Waals surface area contributed by atoms with Crippen LogP contribution in [0.1, 0.15) is 22.8 Å². The number of benzene rings is 2. The van der Waals surface area contributed by atoms with Crippen LogP contribution in [0.25, 0.3) is 0 Å². The molecule has 0 aromatic heterocycles. The van der Waals surface area contributed by atoms with Gasteiger partial charge < -0.3 is 11.1 Å². The maximum atomic E-state index is 12.2. The monoisotopic (exact) mass is 400 g/mol. The van der Waals surface area contributed by atoms with Gasteiger partial charge in [-0.3, -0.25) is 4.79 Å². The molecule has 3 nitrogen and oxygen atoms in total. The summed E-state index contributed by atoms with van der Waals surface area (Å²) in [6.07, 6.45) is 0.867. The molecule has 0 spiro atoms. The van der Waals surface area contributed by atoms with E-state index < -0.39 is 0 Å². The standard InChI is InChI=1S/C15H14ClIN2O/c1-2-9-3-5-11(8-14(9)18)19-15(20)12-7-10(16)4-6-13(12)17/h3-8H,2,18H2,1H3,(H,19,20). The first-order chi connectivity index (χ1) is 9.51. The van der Waals surface area contributed by atoms with Crippen molar-refractivity contribution in [1.29, 1.82) is 0 Å². The summed E-state index contributed by atoms with van der Waals surface area (Å²) in [5, 5.41) is 3.37. The number of halogens is 2. The van der Waals surface area contributed by atoms with E-state index in [-0.39, 0.29) is 5.91 Å². The van der Waals surface area contributed by atoms with Gasteiger partial charge in [0.2, 0.25) is 0 Å². The Morgan fingerprint density at radius 2 is 2.05 bits per heavy atom. The van der Waals surface area contributed by atoms with Crippen molar-refractivity contribution in [3.8, 4) is 0 Å². The summed E-state index contributed by atoms with van der Waals surface area (Å²) in [6, 6.07) is 10.8. The third-order valence-electron chi connectivity index (χ3n) is 2.96. The SMILES string of the molecule is CCc1ccc(NC(=O)c2cc(Cl)ccc2I)cc1N. The van der Waals surface area contributed by atoms with E-state index in [2.05, 4.69) is 27.9 Å². The highest BCUT2D eigenvalue weighted by Crippen LogP contribution is 2.22. The van der Waals surface area contributed by atoms with Crippen LogP contribution in [0.5, 0.6) is 0 Å². The summed E-state index contributed by atoms with van der Waals surface area (Å²) >= 11 is 8.03. The molecule has 0 bridgehead atoms. The number of anilines is 2. The number of carbonyl (C=O) groups excluding carboxylic acids is 1. The van der Waals surface area contributed by atoms with Gasteiger partial charge >= 0.3 is 0 Å². The first-order valence-electron chi connectivity index (χ1n) is 6.16. The van der Waals surface area contributed by atoms with Gasteiger partial charge in [0.25, 0.3) is 5.91 Å². The summed E-state index contributed by atoms with van der Waals surface area (Å²) in [6.45, 7) is 2.04. The summed E-state index contributed by atoms with van der Waals surface area (Å²) < 4.78 is 0.850. The lowest BCUT2D eigenvalue weighted by atomic mass is 10.1. The first kappa shape index (κ1) is 15.1. The van der Waals surface area contributed by atoms with Crippen molar-refractivity contribution in [2.45, 2.75) is 13.3 Å². The van der Waals surface area contributed by atoms with Gasteiger partial charge in [-0.15, -0.1) is 0 Å². The Labute approximate surface area is 136 Å². The molecule has 2 aromatic carbocycles. The zero-order valence-electron chi connectivity index (χ0n) is 10.9. The molecule has 104 valence electrons. The summed E-state index contributed by atoms with van der Waals surface area (Å²) in [5.41, 5.74) is 8.92. The summed E-state index contributed by atoms with van der Waals surface area (Å²) in [7, 11) is 0. The second kappa shape index (κ2) is 6.45. The van der Waals surface area contributed by atoms with E-state index in [1.54, 1.807) is 18.2 Å². The maximum absolute atomic E-state index is 12.2. The number of hydrogen-bond acceptors (Lipinski definition) is 2. The summed E-state index contributed by atoms with van der Waals surface area (Å²) in [4.78, 5) is 12.2. The van der Waals surface area contributed by atoms with Crippen molar-refractivity contribution in [1.82, 2.24) is 0 Å². The molecule has 0 aliphatic carbocycles. The number of rotatable bonds is 3. The van der Waals surface area contributed by atoms with Crippen molar-refractivity contribution in [2.24, 2.45) is 0 Å². The molecule has 1 amide bonds. The van der Waals surface area contributed by atoms with Crippen LogP contribution >= 0.6 is 34.2 Å². The molecule has 0 atom stereocenters. The minimum absolute atomic E-state index is 0.194. The number of nitrogens with two attached hydrogens (primary N) is 1. The number of nitrogen functional groups attached to an aromatic ring is 1. The second-order valence-electron chi connectivity index (χ2n) is 4.35. The lowest BCUT2D eigenvalue weighted by Crippen LogP contribution is -2.13. The highest BCUT2D eigenvalue weighted by atomic mass is 127. The molecule has 0 saturated carbocycles. The van der Waals surface area contributed by atoms with Crippen LogP contribution in [0.4, 0.5) is 11.4 Å². The van der Waals surface area contributed by atoms with Crippen LogP contribution in [0.2, 0.25) is 5.02 Å². The third-order valence-corrected chi connectivity index (χ3v) is 4.13. The molecule has 0 radical (unpaired) electrons. The molecule has 0 saturated heterocycles. The maximum Gasteiger partial charge on any atom is 0.256 e. The topological polar surface area (TPSA) is 55.1 Å². The number of aryl methyl sites for hydroxylation is 1. The number of amides is 1. The van der Waals surface area contributed by atoms with E-state index in [0.29, 0.717) is 22.0 Å². The average Bonchev–Trinajstić information content (AvgIpc) is 2.41. The average molecular weight is 401 g/mol. The predicted octanol–water partition coefficient (Wildman–Crippen LogP) is 4.34. The molecule has 2 aromatic rings. The van der Waals surface area contributed by atoms with Gasteiger partial charge in [0.05, 0.1) is 5.56 Å². The quantitative estimate of drug-likeness (QED) is 0.595. The Bertz CT molecular complexity index is 658. The largest absolute Gasteiger partial charge is 0.398 e. The van der Waals surface area contributed by atoms with Gasteiger partial charge in [-0.2, -0.15) is 0 Å². The zero-order chi connectivity index (χ0) is 14.7. The Morgan fingerprint density at radius 1 is 1.30 bits per heavy atom. The fourth-order valence-electron chi connectivity index (χ4n) is 1.86. The lowest BCUT2D eigenvalue weighted by molar-refractivity contribution is 0.102. The van der Waals surface area contributed by atoms with Gasteiger partial charge in [-0.1, -0.05) is 24.6 Å². The minimum atomic E-state index is -0.194. The third kappa shape index (κ3) is 3.43. The van der Waals surface area contributed by atoms with E-state index in [9.17, 15) is 4.79 Å². The lowest BCUT2D eigenvalue weighted by Gasteiger charge is -2.10. The highest BCUT2D eigenvalue weighted by molar-refractivity contribution is 14.1. The van der Waals surface area contributed by atoms with Crippen LogP contribution in [-0.2, 0) is 6.42 Å². The van der Waals surface area contributed by atoms with Gasteiger partial charge in [0.15, 0.2) is 0 Å². The fraction of sp³-hybridized carbons (Fsp3) is 0.133. The molecule has 0 heterocycles. The molecule has 2 rings (SSSR count). The number of hydrogen-bond donors (Lipinski definition) is 2. The molecule has 0 aliphatic rings. The zero-order valence-corrected chi connectivity index (χ0v) is 13.8. The van der Waals surface area contributed by atoms with Crippen LogP contribution in [-0.4, -0.2) is 5.91 Å². The molecule has 0 unspecified atom stereocenters. The molecule has 5 heteroatoms. The van der Waals surface area contributed by atoms with E-state index in [1.807, 2.05) is 25.1 Å². The number of nitrogens with one attached hydrogen (secondary N) is 1. The predicted molar refractivity (Wildman–Crippen MR) is 92.4 cm³/mol. The Morgan fingerprint density at radius 3 is 2.70 bits per heavy atom. The van der Waals surface area contributed by atoms with Gasteiger partial charge in [-0.05, 0) is 64.9 Å². The fourth-order valence-corrected chi connectivity index (χ4v) is 2.62. The molecule has 20 heavy (non-hydrogen) atoms. The summed E-state index contributed by atoms with van der Waals surface area (Å²) in [5.74, 6) is -0.194. The van der Waals surface area contributed by atoms with Crippen molar-refractivity contribution < 1.29 is 4.79 Å². The van der Waals surface area contributed by atoms with E-state index in [0.717, 1.165) is 15.6 Å². The van der Waals surface area contributed by atoms with Crippen LogP contribution in [0.3, 0.4) is 0 Å². The smallest absolute Gasteiger partial charge is 0.256 e. The van der Waals surface area contributed by atoms with Crippen molar-refractivity contribution in [3.63, 3.8) is 0 Å². The minimum Gasteiger partial charge on any atom is -0.398 e. The van der Waals surface area contributed by atoms with Crippen LogP contribution < -0.4 is 11.1 Å². The highest BCUT2D eigenvalue weighted by Gasteiger charge is 2.11. The normalized spacial score (nSPS) is 10.3. The van der Waals surface area contributed by atoms with Crippen LogP contribution in [0, 0.1) is 3.57 Å². The van der Waals surface area contributed by atoms with Crippen LogP contribution in [0.15, 0.2) is 36.4 Å². The Kier molecular flexibility index (Phi) is 4.88. The Hall–Kier alpha value is -1.27. The van der Waals surface area contributed by atoms with Crippen molar-refractivity contribution >= 4 is 51.5 Å². The molecular weight excluding hydrogens is 387 g/mol. The Balaban J connectivity index is 2.23. The van der Waals surface area contributed by atoms with Gasteiger partial charge in [0, 0.05) is 20.0 Å². The van der Waals surface area contributed by atoms with E-state index >= 15 is 0 Å². The van der Waals surface area contributed by atoms with Crippen molar-refractivity contribution in [2.75, 3.05) is 11.1 Å².